The van der Waals surface area contributed by atoms with Crippen molar-refractivity contribution in [3.8, 4) is 23.0 Å². The van der Waals surface area contributed by atoms with E-state index in [-0.39, 0.29) is 39.9 Å². The number of rotatable bonds is 9. The molecule has 0 amide bonds. The number of hydrogen-bond acceptors (Lipinski definition) is 16. The van der Waals surface area contributed by atoms with E-state index in [9.17, 15) is 55.9 Å². The van der Waals surface area contributed by atoms with Crippen LogP contribution in [0, 0.1) is 0 Å². The molecule has 0 aromatic heterocycles. The van der Waals surface area contributed by atoms with Gasteiger partial charge in [0.15, 0.2) is 41.0 Å². The summed E-state index contributed by atoms with van der Waals surface area (Å²) in [6.07, 6.45) is -4.66. The molecule has 11 N–H and O–H groups in total. The molecular formula is C34H35O17+. The molecule has 3 heterocycles. The Bertz CT molecular complexity index is 1830. The van der Waals surface area contributed by atoms with Crippen molar-refractivity contribution < 1.29 is 84.3 Å². The average Bonchev–Trinajstić information content (AvgIpc) is 3.37. The SMILES string of the molecule is O=C(/C=C/c1ccc(O)c(O)c1)OC[C@@]1(O)CO[C@H](O[C@@H]2[C@@H](OC3=C(c4ccc(O)c(O)c4)[OH+]C4C=C(O)C=C(O)C4=C3)OC[C@H](O)[C@H]2O)[C@H]1O. The van der Waals surface area contributed by atoms with Crippen LogP contribution in [-0.4, -0.2) is 130 Å². The Balaban J connectivity index is 1.19. The van der Waals surface area contributed by atoms with Gasteiger partial charge in [0.05, 0.1) is 30.4 Å². The summed E-state index contributed by atoms with van der Waals surface area (Å²) in [6.45, 7) is -1.77. The normalized spacial score (nSPS) is 30.6. The van der Waals surface area contributed by atoms with E-state index >= 15 is 0 Å². The quantitative estimate of drug-likeness (QED) is 0.0713. The molecule has 2 saturated heterocycles. The summed E-state index contributed by atoms with van der Waals surface area (Å²) < 4.78 is 32.6. The lowest BCUT2D eigenvalue weighted by Crippen LogP contribution is -2.57. The van der Waals surface area contributed by atoms with E-state index in [4.69, 9.17) is 23.7 Å². The third kappa shape index (κ3) is 7.45. The topological polar surface area (TPSA) is 278 Å². The van der Waals surface area contributed by atoms with Crippen molar-refractivity contribution in [3.63, 3.8) is 0 Å². The second-order valence-electron chi connectivity index (χ2n) is 12.1. The van der Waals surface area contributed by atoms with Crippen LogP contribution in [0.1, 0.15) is 11.1 Å². The molecule has 1 aliphatic carbocycles. The summed E-state index contributed by atoms with van der Waals surface area (Å²) in [7, 11) is 0. The number of hydrogen-bond donors (Lipinski definition) is 10. The lowest BCUT2D eigenvalue weighted by atomic mass is 9.97. The predicted octanol–water partition coefficient (Wildman–Crippen LogP) is 0.0964. The van der Waals surface area contributed by atoms with E-state index in [1.165, 1.54) is 54.6 Å². The van der Waals surface area contributed by atoms with Crippen molar-refractivity contribution in [3.05, 3.63) is 94.7 Å². The number of aliphatic hydroxyl groups excluding tert-OH is 5. The van der Waals surface area contributed by atoms with Gasteiger partial charge in [-0.2, -0.15) is 0 Å². The largest absolute Gasteiger partial charge is 0.571 e. The molecule has 17 heteroatoms. The fraction of sp³-hybridized carbons (Fsp3) is 0.324. The van der Waals surface area contributed by atoms with Gasteiger partial charge in [0.2, 0.25) is 18.2 Å². The van der Waals surface area contributed by atoms with E-state index in [1.54, 1.807) is 0 Å². The van der Waals surface area contributed by atoms with Gasteiger partial charge in [0.1, 0.15) is 36.4 Å². The number of ether oxygens (including phenoxy) is 6. The highest BCUT2D eigenvalue weighted by Crippen LogP contribution is 2.39. The summed E-state index contributed by atoms with van der Waals surface area (Å²) in [4.78, 5) is 12.3. The van der Waals surface area contributed by atoms with Gasteiger partial charge in [0.25, 0.3) is 0 Å². The summed E-state index contributed by atoms with van der Waals surface area (Å²) >= 11 is 0. The van der Waals surface area contributed by atoms with Crippen LogP contribution in [0.15, 0.2) is 83.6 Å². The van der Waals surface area contributed by atoms with Gasteiger partial charge in [-0.05, 0) is 35.9 Å². The minimum atomic E-state index is -2.18. The van der Waals surface area contributed by atoms with E-state index < -0.39 is 91.7 Å². The Morgan fingerprint density at radius 2 is 1.65 bits per heavy atom. The first-order valence-electron chi connectivity index (χ1n) is 15.4. The molecule has 2 aromatic carbocycles. The lowest BCUT2D eigenvalue weighted by Gasteiger charge is -2.39. The molecule has 2 aromatic rings. The average molecular weight is 716 g/mol. The molecule has 0 saturated carbocycles. The number of carbonyl (C=O) groups is 1. The van der Waals surface area contributed by atoms with Crippen LogP contribution in [0.5, 0.6) is 23.0 Å². The zero-order valence-corrected chi connectivity index (χ0v) is 26.4. The Labute approximate surface area is 288 Å². The van der Waals surface area contributed by atoms with Gasteiger partial charge in [-0.3, -0.25) is 0 Å². The molecule has 0 spiro atoms. The second-order valence-corrected chi connectivity index (χ2v) is 12.1. The highest BCUT2D eigenvalue weighted by molar-refractivity contribution is 5.87. The van der Waals surface area contributed by atoms with Crippen LogP contribution in [-0.2, 0) is 28.5 Å². The number of aromatic hydroxyl groups is 4. The van der Waals surface area contributed by atoms with Crippen molar-refractivity contribution in [1.82, 2.24) is 0 Å². The first kappa shape index (κ1) is 35.6. The highest BCUT2D eigenvalue weighted by atomic mass is 16.8. The van der Waals surface area contributed by atoms with Gasteiger partial charge in [-0.15, -0.1) is 0 Å². The smallest absolute Gasteiger partial charge is 0.330 e. The van der Waals surface area contributed by atoms with Crippen LogP contribution in [0.2, 0.25) is 0 Å². The fourth-order valence-corrected chi connectivity index (χ4v) is 5.57. The molecule has 51 heavy (non-hydrogen) atoms. The van der Waals surface area contributed by atoms with Gasteiger partial charge in [0, 0.05) is 24.3 Å². The van der Waals surface area contributed by atoms with Crippen LogP contribution >= 0.6 is 0 Å². The Hall–Kier alpha value is -5.27. The molecule has 4 aliphatic rings. The molecule has 6 rings (SSSR count). The number of allylic oxidation sites excluding steroid dienone is 2. The van der Waals surface area contributed by atoms with Crippen LogP contribution in [0.3, 0.4) is 0 Å². The molecular weight excluding hydrogens is 680 g/mol. The van der Waals surface area contributed by atoms with Crippen molar-refractivity contribution in [2.75, 3.05) is 19.8 Å². The fourth-order valence-electron chi connectivity index (χ4n) is 5.57. The van der Waals surface area contributed by atoms with Crippen LogP contribution in [0.4, 0.5) is 0 Å². The van der Waals surface area contributed by atoms with Crippen molar-refractivity contribution in [2.24, 2.45) is 0 Å². The molecule has 272 valence electrons. The van der Waals surface area contributed by atoms with Crippen molar-refractivity contribution in [2.45, 2.75) is 48.7 Å². The third-order valence-electron chi connectivity index (χ3n) is 8.41. The zero-order chi connectivity index (χ0) is 36.6. The van der Waals surface area contributed by atoms with Gasteiger partial charge in [-0.25, -0.2) is 4.79 Å². The minimum absolute atomic E-state index is 0.0605. The third-order valence-corrected chi connectivity index (χ3v) is 8.41. The van der Waals surface area contributed by atoms with Crippen LogP contribution < -0.4 is 0 Å². The Kier molecular flexibility index (Phi) is 9.87. The zero-order valence-electron chi connectivity index (χ0n) is 26.4. The monoisotopic (exact) mass is 715 g/mol. The number of fused-ring (bicyclic) bond motifs is 1. The maximum absolute atomic E-state index is 12.3. The standard InChI is InChI=1S/C34H34O17/c35-17-9-21(38)18-11-26(29(49-25(18)10-17)16-3-5-20(37)23(40)8-16)50-32-30(28(43)24(41)12-46-32)51-33-31(44)34(45,14-48-33)13-47-27(42)6-2-15-1-4-19(36)22(39)7-15/h1-11,24-25,28,30-33,35-41,43-45H,12-14H2/p+1/b6-2+/t24-,25?,28+,30-,31+,32+,33+,34+/m0/s1. The van der Waals surface area contributed by atoms with Crippen molar-refractivity contribution >= 4 is 17.8 Å². The maximum atomic E-state index is 12.3. The Morgan fingerprint density at radius 1 is 0.922 bits per heavy atom. The molecule has 3 aliphatic heterocycles. The predicted molar refractivity (Wildman–Crippen MR) is 170 cm³/mol. The number of esters is 1. The molecule has 1 unspecified atom stereocenters. The number of aliphatic hydroxyl groups is 8. The van der Waals surface area contributed by atoms with Gasteiger partial charge >= 0.3 is 11.7 Å². The number of carbonyl (C=O) groups excluding carboxylic acids is 1. The highest BCUT2D eigenvalue weighted by Gasteiger charge is 2.53. The molecule has 17 nitrogen and oxygen atoms in total. The van der Waals surface area contributed by atoms with Gasteiger partial charge < -0.3 is 79.5 Å². The Morgan fingerprint density at radius 3 is 2.37 bits per heavy atom. The van der Waals surface area contributed by atoms with Crippen molar-refractivity contribution in [1.29, 1.82) is 0 Å². The second kappa shape index (κ2) is 14.2. The number of benzene rings is 2. The first-order valence-corrected chi connectivity index (χ1v) is 15.4. The van der Waals surface area contributed by atoms with E-state index in [2.05, 4.69) is 4.74 Å². The maximum Gasteiger partial charge on any atom is 0.330 e. The molecule has 0 radical (unpaired) electrons. The summed E-state index contributed by atoms with van der Waals surface area (Å²) in [5, 5.41) is 103. The lowest BCUT2D eigenvalue weighted by molar-refractivity contribution is -0.307. The molecule has 8 atom stereocenters. The number of phenolic OH excluding ortho intramolecular Hbond substituents is 4. The van der Waals surface area contributed by atoms with E-state index in [0.29, 0.717) is 5.56 Å². The molecule has 0 bridgehead atoms. The summed E-state index contributed by atoms with van der Waals surface area (Å²) in [6, 6.07) is 7.65. The molecule has 2 fully saturated rings. The van der Waals surface area contributed by atoms with Crippen LogP contribution in [0.25, 0.3) is 11.8 Å². The summed E-state index contributed by atoms with van der Waals surface area (Å²) in [5.74, 6) is -3.19. The summed E-state index contributed by atoms with van der Waals surface area (Å²) in [5.41, 5.74) is -1.39. The van der Waals surface area contributed by atoms with E-state index in [1.807, 2.05) is 0 Å². The van der Waals surface area contributed by atoms with Gasteiger partial charge in [-0.1, -0.05) is 6.07 Å². The number of phenols is 4. The minimum Gasteiger partial charge on any atom is -0.571 e. The van der Waals surface area contributed by atoms with E-state index in [0.717, 1.165) is 12.2 Å². The first-order chi connectivity index (χ1) is 24.2.